The third kappa shape index (κ3) is 5.80. The lowest BCUT2D eigenvalue weighted by Gasteiger charge is -2.10. The smallest absolute Gasteiger partial charge is 0.123 e. The van der Waals surface area contributed by atoms with Crippen molar-refractivity contribution in [3.63, 3.8) is 0 Å². The summed E-state index contributed by atoms with van der Waals surface area (Å²) in [6, 6.07) is 0. The summed E-state index contributed by atoms with van der Waals surface area (Å²) in [7, 11) is 0. The summed E-state index contributed by atoms with van der Waals surface area (Å²) < 4.78 is 0. The van der Waals surface area contributed by atoms with Crippen LogP contribution in [-0.2, 0) is 4.79 Å². The number of hydrogen-bond acceptors (Lipinski definition) is 2. The highest BCUT2D eigenvalue weighted by molar-refractivity contribution is 5.51. The molecule has 0 aromatic carbocycles. The Morgan fingerprint density at radius 2 is 2.00 bits per heavy atom. The topological polar surface area (TPSA) is 37.3 Å². The number of rotatable bonds is 5. The van der Waals surface area contributed by atoms with E-state index in [0.717, 1.165) is 12.7 Å². The van der Waals surface area contributed by atoms with Crippen LogP contribution in [0, 0.1) is 5.92 Å². The molecule has 11 heavy (non-hydrogen) atoms. The molecule has 0 amide bonds. The SMILES string of the molecule is CC(C/C=C/CC=O)[C@H](C)O. The Labute approximate surface area is 67.9 Å². The number of aliphatic hydroxyl groups excluding tert-OH is 1. The maximum absolute atomic E-state index is 9.88. The Bertz CT molecular complexity index is 128. The van der Waals surface area contributed by atoms with Crippen molar-refractivity contribution in [2.45, 2.75) is 32.8 Å². The molecule has 0 aliphatic rings. The molecule has 1 N–H and O–H groups in total. The molecule has 0 rings (SSSR count). The maximum atomic E-state index is 9.88. The van der Waals surface area contributed by atoms with Crippen molar-refractivity contribution in [2.24, 2.45) is 5.92 Å². The average Bonchev–Trinajstić information content (AvgIpc) is 1.97. The molecule has 0 aromatic heterocycles. The van der Waals surface area contributed by atoms with Gasteiger partial charge in [-0.1, -0.05) is 19.1 Å². The normalized spacial score (nSPS) is 16.6. The number of carbonyl (C=O) groups is 1. The molecule has 2 nitrogen and oxygen atoms in total. The van der Waals surface area contributed by atoms with Crippen molar-refractivity contribution in [2.75, 3.05) is 0 Å². The molecule has 0 aliphatic heterocycles. The molecule has 0 aromatic rings. The summed E-state index contributed by atoms with van der Waals surface area (Å²) in [6.07, 6.45) is 5.68. The van der Waals surface area contributed by atoms with Gasteiger partial charge in [-0.15, -0.1) is 0 Å². The number of carbonyl (C=O) groups excluding carboxylic acids is 1. The van der Waals surface area contributed by atoms with E-state index in [2.05, 4.69) is 0 Å². The summed E-state index contributed by atoms with van der Waals surface area (Å²) in [5, 5.41) is 9.07. The molecule has 0 spiro atoms. The van der Waals surface area contributed by atoms with E-state index in [1.165, 1.54) is 0 Å². The standard InChI is InChI=1S/C9H16O2/c1-8(9(2)11)6-4-3-5-7-10/h3-4,7-9,11H,5-6H2,1-2H3/b4-3+/t8?,9-/m0/s1. The molecule has 2 atom stereocenters. The van der Waals surface area contributed by atoms with Crippen molar-refractivity contribution in [3.05, 3.63) is 12.2 Å². The molecule has 0 saturated heterocycles. The van der Waals surface area contributed by atoms with Gasteiger partial charge in [0.25, 0.3) is 0 Å². The van der Waals surface area contributed by atoms with Gasteiger partial charge < -0.3 is 9.90 Å². The van der Waals surface area contributed by atoms with Crippen molar-refractivity contribution in [1.29, 1.82) is 0 Å². The first-order valence-electron chi connectivity index (χ1n) is 3.95. The molecule has 0 radical (unpaired) electrons. The second kappa shape index (κ2) is 6.10. The highest BCUT2D eigenvalue weighted by Crippen LogP contribution is 2.07. The van der Waals surface area contributed by atoms with Gasteiger partial charge in [0.1, 0.15) is 6.29 Å². The van der Waals surface area contributed by atoms with E-state index >= 15 is 0 Å². The summed E-state index contributed by atoms with van der Waals surface area (Å²) >= 11 is 0. The summed E-state index contributed by atoms with van der Waals surface area (Å²) in [5.74, 6) is 0.276. The van der Waals surface area contributed by atoms with Crippen molar-refractivity contribution >= 4 is 6.29 Å². The third-order valence-electron chi connectivity index (χ3n) is 1.73. The van der Waals surface area contributed by atoms with E-state index in [9.17, 15) is 4.79 Å². The number of hydrogen-bond donors (Lipinski definition) is 1. The monoisotopic (exact) mass is 156 g/mol. The van der Waals surface area contributed by atoms with E-state index in [1.807, 2.05) is 19.1 Å². The quantitative estimate of drug-likeness (QED) is 0.484. The molecule has 0 heterocycles. The average molecular weight is 156 g/mol. The third-order valence-corrected chi connectivity index (χ3v) is 1.73. The van der Waals surface area contributed by atoms with Crippen molar-refractivity contribution in [3.8, 4) is 0 Å². The number of aliphatic hydroxyl groups is 1. The van der Waals surface area contributed by atoms with Crippen LogP contribution in [0.1, 0.15) is 26.7 Å². The predicted octanol–water partition coefficient (Wildman–Crippen LogP) is 1.54. The Balaban J connectivity index is 3.44. The van der Waals surface area contributed by atoms with Crippen molar-refractivity contribution in [1.82, 2.24) is 0 Å². The van der Waals surface area contributed by atoms with Crippen LogP contribution in [0.3, 0.4) is 0 Å². The first kappa shape index (κ1) is 10.4. The second-order valence-corrected chi connectivity index (χ2v) is 2.83. The number of aldehydes is 1. The lowest BCUT2D eigenvalue weighted by molar-refractivity contribution is -0.107. The van der Waals surface area contributed by atoms with Crippen LogP contribution in [0.25, 0.3) is 0 Å². The Kier molecular flexibility index (Phi) is 5.75. The molecule has 2 heteroatoms. The van der Waals surface area contributed by atoms with Crippen LogP contribution in [-0.4, -0.2) is 17.5 Å². The van der Waals surface area contributed by atoms with Gasteiger partial charge in [0, 0.05) is 6.42 Å². The zero-order valence-corrected chi connectivity index (χ0v) is 7.16. The van der Waals surface area contributed by atoms with Crippen LogP contribution in [0.15, 0.2) is 12.2 Å². The van der Waals surface area contributed by atoms with E-state index in [1.54, 1.807) is 6.92 Å². The fourth-order valence-corrected chi connectivity index (χ4v) is 0.660. The lowest BCUT2D eigenvalue weighted by atomic mass is 10.0. The van der Waals surface area contributed by atoms with Gasteiger partial charge in [-0.25, -0.2) is 0 Å². The van der Waals surface area contributed by atoms with E-state index < -0.39 is 0 Å². The van der Waals surface area contributed by atoms with Gasteiger partial charge in [-0.2, -0.15) is 0 Å². The van der Waals surface area contributed by atoms with Gasteiger partial charge in [-0.05, 0) is 19.3 Å². The number of allylic oxidation sites excluding steroid dienone is 2. The Morgan fingerprint density at radius 1 is 1.36 bits per heavy atom. The first-order valence-corrected chi connectivity index (χ1v) is 3.95. The zero-order valence-electron chi connectivity index (χ0n) is 7.16. The van der Waals surface area contributed by atoms with Gasteiger partial charge in [0.05, 0.1) is 6.10 Å². The highest BCUT2D eigenvalue weighted by atomic mass is 16.3. The Morgan fingerprint density at radius 3 is 2.45 bits per heavy atom. The van der Waals surface area contributed by atoms with Crippen LogP contribution < -0.4 is 0 Å². The minimum Gasteiger partial charge on any atom is -0.393 e. The second-order valence-electron chi connectivity index (χ2n) is 2.83. The predicted molar refractivity (Wildman–Crippen MR) is 45.3 cm³/mol. The van der Waals surface area contributed by atoms with Crippen LogP contribution in [0.5, 0.6) is 0 Å². The summed E-state index contributed by atoms with van der Waals surface area (Å²) in [5.41, 5.74) is 0. The Hall–Kier alpha value is -0.630. The van der Waals surface area contributed by atoms with Gasteiger partial charge in [0.15, 0.2) is 0 Å². The van der Waals surface area contributed by atoms with Crippen molar-refractivity contribution < 1.29 is 9.90 Å². The van der Waals surface area contributed by atoms with E-state index in [-0.39, 0.29) is 12.0 Å². The molecule has 0 fully saturated rings. The molecule has 0 bridgehead atoms. The molecule has 64 valence electrons. The molecular formula is C9H16O2. The molecule has 0 aliphatic carbocycles. The maximum Gasteiger partial charge on any atom is 0.123 e. The lowest BCUT2D eigenvalue weighted by Crippen LogP contribution is -2.11. The van der Waals surface area contributed by atoms with E-state index in [4.69, 9.17) is 5.11 Å². The van der Waals surface area contributed by atoms with Gasteiger partial charge in [0.2, 0.25) is 0 Å². The minimum atomic E-state index is -0.268. The molecular weight excluding hydrogens is 140 g/mol. The van der Waals surface area contributed by atoms with Crippen LogP contribution >= 0.6 is 0 Å². The largest absolute Gasteiger partial charge is 0.393 e. The fraction of sp³-hybridized carbons (Fsp3) is 0.667. The summed E-state index contributed by atoms with van der Waals surface area (Å²) in [4.78, 5) is 9.88. The van der Waals surface area contributed by atoms with Crippen LogP contribution in [0.4, 0.5) is 0 Å². The van der Waals surface area contributed by atoms with Crippen LogP contribution in [0.2, 0.25) is 0 Å². The summed E-state index contributed by atoms with van der Waals surface area (Å²) in [6.45, 7) is 3.76. The van der Waals surface area contributed by atoms with E-state index in [0.29, 0.717) is 6.42 Å². The fourth-order valence-electron chi connectivity index (χ4n) is 0.660. The zero-order chi connectivity index (χ0) is 8.69. The minimum absolute atomic E-state index is 0.268. The van der Waals surface area contributed by atoms with Gasteiger partial charge >= 0.3 is 0 Å². The molecule has 1 unspecified atom stereocenters. The highest BCUT2D eigenvalue weighted by Gasteiger charge is 2.04. The van der Waals surface area contributed by atoms with Gasteiger partial charge in [-0.3, -0.25) is 0 Å². The first-order chi connectivity index (χ1) is 5.18. The molecule has 0 saturated carbocycles.